The Morgan fingerprint density at radius 3 is 2.27 bits per heavy atom. The Labute approximate surface area is 92.0 Å². The van der Waals surface area contributed by atoms with E-state index < -0.39 is 0 Å². The van der Waals surface area contributed by atoms with Gasteiger partial charge >= 0.3 is 0 Å². The van der Waals surface area contributed by atoms with Gasteiger partial charge in [-0.05, 0) is 26.0 Å². The molecule has 0 spiro atoms. The maximum atomic E-state index is 9.52. The topological polar surface area (TPSA) is 32.6 Å². The van der Waals surface area contributed by atoms with Crippen LogP contribution in [-0.4, -0.2) is 11.3 Å². The van der Waals surface area contributed by atoms with E-state index in [0.29, 0.717) is 0 Å². The minimum absolute atomic E-state index is 0.265. The number of aromatic hydroxyl groups is 1. The molecule has 1 rings (SSSR count). The lowest BCUT2D eigenvalue weighted by Crippen LogP contribution is -1.81. The van der Waals surface area contributed by atoms with Crippen molar-refractivity contribution in [2.24, 2.45) is 4.99 Å². The number of hydrogen-bond acceptors (Lipinski definition) is 2. The van der Waals surface area contributed by atoms with E-state index >= 15 is 0 Å². The molecule has 0 aliphatic heterocycles. The van der Waals surface area contributed by atoms with E-state index in [0.717, 1.165) is 11.3 Å². The van der Waals surface area contributed by atoms with Crippen LogP contribution >= 0.6 is 0 Å². The number of phenolic OH excluding ortho intramolecular Hbond substituents is 1. The number of aliphatic imine (C=N–C) groups is 1. The molecule has 0 saturated carbocycles. The van der Waals surface area contributed by atoms with Gasteiger partial charge in [0.2, 0.25) is 0 Å². The number of para-hydroxylation sites is 1. The highest BCUT2D eigenvalue weighted by Gasteiger charge is 2.02. The van der Waals surface area contributed by atoms with Gasteiger partial charge in [0.05, 0.1) is 5.70 Å². The standard InChI is InChI=1S/C11H13NO.C2H6/c1-3-10(12-4-2)9-7-5-6-8-11(9)13;1-2/h3-8,13H,1-2H3;1-2H3/b10-3-,12-4?;. The summed E-state index contributed by atoms with van der Waals surface area (Å²) in [7, 11) is 0. The van der Waals surface area contributed by atoms with Crippen LogP contribution in [0.3, 0.4) is 0 Å². The summed E-state index contributed by atoms with van der Waals surface area (Å²) in [5, 5.41) is 9.52. The highest BCUT2D eigenvalue weighted by molar-refractivity contribution is 5.75. The van der Waals surface area contributed by atoms with E-state index in [1.54, 1.807) is 18.3 Å². The molecule has 0 unspecified atom stereocenters. The molecule has 0 aromatic heterocycles. The Kier molecular flexibility index (Phi) is 6.98. The summed E-state index contributed by atoms with van der Waals surface area (Å²) in [6.07, 6.45) is 3.58. The lowest BCUT2D eigenvalue weighted by atomic mass is 10.1. The van der Waals surface area contributed by atoms with E-state index in [4.69, 9.17) is 0 Å². The summed E-state index contributed by atoms with van der Waals surface area (Å²) in [4.78, 5) is 4.15. The fourth-order valence-corrected chi connectivity index (χ4v) is 1.13. The van der Waals surface area contributed by atoms with Crippen LogP contribution in [0.1, 0.15) is 33.3 Å². The van der Waals surface area contributed by atoms with Crippen molar-refractivity contribution in [1.82, 2.24) is 0 Å². The Hall–Kier alpha value is -1.57. The van der Waals surface area contributed by atoms with Crippen molar-refractivity contribution in [3.63, 3.8) is 0 Å². The van der Waals surface area contributed by atoms with Crippen LogP contribution in [0.15, 0.2) is 35.3 Å². The Morgan fingerprint density at radius 2 is 1.80 bits per heavy atom. The van der Waals surface area contributed by atoms with Crippen LogP contribution < -0.4 is 0 Å². The molecule has 2 heteroatoms. The smallest absolute Gasteiger partial charge is 0.124 e. The van der Waals surface area contributed by atoms with Gasteiger partial charge in [0, 0.05) is 11.8 Å². The monoisotopic (exact) mass is 205 g/mol. The van der Waals surface area contributed by atoms with Crippen molar-refractivity contribution in [1.29, 1.82) is 0 Å². The molecule has 82 valence electrons. The third-order valence-electron chi connectivity index (χ3n) is 1.72. The zero-order valence-electron chi connectivity index (χ0n) is 9.86. The molecule has 0 bridgehead atoms. The average Bonchev–Trinajstić information content (AvgIpc) is 2.30. The minimum Gasteiger partial charge on any atom is -0.507 e. The van der Waals surface area contributed by atoms with Crippen molar-refractivity contribution in [3.8, 4) is 5.75 Å². The molecule has 0 aliphatic carbocycles. The normalized spacial score (nSPS) is 11.1. The van der Waals surface area contributed by atoms with Crippen molar-refractivity contribution in [2.75, 3.05) is 0 Å². The summed E-state index contributed by atoms with van der Waals surface area (Å²) < 4.78 is 0. The maximum absolute atomic E-state index is 9.52. The predicted molar refractivity (Wildman–Crippen MR) is 67.3 cm³/mol. The van der Waals surface area contributed by atoms with Gasteiger partial charge in [0.25, 0.3) is 0 Å². The first kappa shape index (κ1) is 13.4. The number of hydrogen-bond donors (Lipinski definition) is 1. The fraction of sp³-hybridized carbons (Fsp3) is 0.308. The summed E-state index contributed by atoms with van der Waals surface area (Å²) in [6.45, 7) is 7.75. The second kappa shape index (κ2) is 7.80. The Bertz CT molecular complexity index is 340. The van der Waals surface area contributed by atoms with E-state index in [-0.39, 0.29) is 5.75 Å². The maximum Gasteiger partial charge on any atom is 0.124 e. The highest BCUT2D eigenvalue weighted by Crippen LogP contribution is 2.24. The molecule has 1 N–H and O–H groups in total. The molecule has 0 atom stereocenters. The zero-order chi connectivity index (χ0) is 11.7. The molecule has 0 fully saturated rings. The number of benzene rings is 1. The summed E-state index contributed by atoms with van der Waals surface area (Å²) >= 11 is 0. The third-order valence-corrected chi connectivity index (χ3v) is 1.72. The third kappa shape index (κ3) is 3.98. The summed E-state index contributed by atoms with van der Waals surface area (Å²) in [5.41, 5.74) is 1.56. The van der Waals surface area contributed by atoms with Gasteiger partial charge in [-0.25, -0.2) is 0 Å². The second-order valence-corrected chi connectivity index (χ2v) is 2.58. The molecule has 0 aliphatic rings. The SMILES string of the molecule is CC.CC=N/C(=C\C)c1ccccc1O. The van der Waals surface area contributed by atoms with E-state index in [2.05, 4.69) is 4.99 Å². The minimum atomic E-state index is 0.265. The Morgan fingerprint density at radius 1 is 1.20 bits per heavy atom. The van der Waals surface area contributed by atoms with Crippen LogP contribution in [0.2, 0.25) is 0 Å². The average molecular weight is 205 g/mol. The van der Waals surface area contributed by atoms with E-state index in [9.17, 15) is 5.11 Å². The van der Waals surface area contributed by atoms with Gasteiger partial charge in [-0.15, -0.1) is 0 Å². The molecule has 1 aromatic carbocycles. The van der Waals surface area contributed by atoms with Gasteiger partial charge in [0.15, 0.2) is 0 Å². The number of allylic oxidation sites excluding steroid dienone is 1. The van der Waals surface area contributed by atoms with Gasteiger partial charge in [-0.1, -0.05) is 32.1 Å². The molecule has 0 radical (unpaired) electrons. The van der Waals surface area contributed by atoms with Crippen molar-refractivity contribution >= 4 is 11.9 Å². The van der Waals surface area contributed by atoms with Crippen molar-refractivity contribution in [3.05, 3.63) is 35.9 Å². The van der Waals surface area contributed by atoms with Crippen LogP contribution in [-0.2, 0) is 0 Å². The molecular formula is C13H19NO. The van der Waals surface area contributed by atoms with E-state index in [1.807, 2.05) is 45.9 Å². The lowest BCUT2D eigenvalue weighted by molar-refractivity contribution is 0.473. The quantitative estimate of drug-likeness (QED) is 0.730. The van der Waals surface area contributed by atoms with Gasteiger partial charge in [0.1, 0.15) is 5.75 Å². The highest BCUT2D eigenvalue weighted by atomic mass is 16.3. The van der Waals surface area contributed by atoms with Crippen LogP contribution in [0.4, 0.5) is 0 Å². The lowest BCUT2D eigenvalue weighted by Gasteiger charge is -2.03. The first-order valence-corrected chi connectivity index (χ1v) is 5.23. The first-order valence-electron chi connectivity index (χ1n) is 5.23. The largest absolute Gasteiger partial charge is 0.507 e. The molecular weight excluding hydrogens is 186 g/mol. The van der Waals surface area contributed by atoms with Crippen molar-refractivity contribution < 1.29 is 5.11 Å². The van der Waals surface area contributed by atoms with Crippen LogP contribution in [0.25, 0.3) is 5.70 Å². The molecule has 0 amide bonds. The first-order chi connectivity index (χ1) is 7.29. The second-order valence-electron chi connectivity index (χ2n) is 2.58. The van der Waals surface area contributed by atoms with Crippen LogP contribution in [0.5, 0.6) is 5.75 Å². The van der Waals surface area contributed by atoms with Crippen molar-refractivity contribution in [2.45, 2.75) is 27.7 Å². The predicted octanol–water partition coefficient (Wildman–Crippen LogP) is 3.87. The van der Waals surface area contributed by atoms with Gasteiger partial charge < -0.3 is 5.11 Å². The Balaban J connectivity index is 0.000000921. The summed E-state index contributed by atoms with van der Waals surface area (Å²) in [6, 6.07) is 7.17. The molecule has 1 aromatic rings. The number of nitrogens with zero attached hydrogens (tertiary/aromatic N) is 1. The fourth-order valence-electron chi connectivity index (χ4n) is 1.13. The van der Waals surface area contributed by atoms with Gasteiger partial charge in [-0.2, -0.15) is 0 Å². The summed E-state index contributed by atoms with van der Waals surface area (Å²) in [5.74, 6) is 0.265. The molecule has 0 heterocycles. The van der Waals surface area contributed by atoms with Gasteiger partial charge in [-0.3, -0.25) is 4.99 Å². The molecule has 15 heavy (non-hydrogen) atoms. The zero-order valence-corrected chi connectivity index (χ0v) is 9.86. The number of rotatable bonds is 2. The van der Waals surface area contributed by atoms with E-state index in [1.165, 1.54) is 0 Å². The van der Waals surface area contributed by atoms with Crippen LogP contribution in [0, 0.1) is 0 Å². The number of phenols is 1. The molecule has 2 nitrogen and oxygen atoms in total. The molecule has 0 saturated heterocycles.